The van der Waals surface area contributed by atoms with E-state index in [-0.39, 0.29) is 5.91 Å². The van der Waals surface area contributed by atoms with Crippen molar-refractivity contribution in [3.8, 4) is 0 Å². The molecule has 1 aliphatic heterocycles. The van der Waals surface area contributed by atoms with E-state index in [1.807, 2.05) is 18.9 Å². The SMILES string of the molecule is CCN(C)C(=O)CN1CCN(c2ccccc2C2CCC(C(C)(C)C)CC2)CC1. The number of piperazine rings is 1. The average molecular weight is 400 g/mol. The Kier molecular flexibility index (Phi) is 7.26. The minimum Gasteiger partial charge on any atom is -0.369 e. The Morgan fingerprint density at radius 1 is 1.03 bits per heavy atom. The fourth-order valence-electron chi connectivity index (χ4n) is 5.03. The summed E-state index contributed by atoms with van der Waals surface area (Å²) in [5.41, 5.74) is 3.42. The summed E-state index contributed by atoms with van der Waals surface area (Å²) < 4.78 is 0. The van der Waals surface area contributed by atoms with Crippen molar-refractivity contribution >= 4 is 11.6 Å². The van der Waals surface area contributed by atoms with Gasteiger partial charge in [-0.05, 0) is 61.5 Å². The molecule has 29 heavy (non-hydrogen) atoms. The minimum atomic E-state index is 0.233. The zero-order valence-corrected chi connectivity index (χ0v) is 19.3. The van der Waals surface area contributed by atoms with E-state index < -0.39 is 0 Å². The van der Waals surface area contributed by atoms with Crippen LogP contribution in [-0.2, 0) is 4.79 Å². The predicted molar refractivity (Wildman–Crippen MR) is 123 cm³/mol. The Bertz CT molecular complexity index is 665. The van der Waals surface area contributed by atoms with Crippen LogP contribution in [0.25, 0.3) is 0 Å². The summed E-state index contributed by atoms with van der Waals surface area (Å²) in [6, 6.07) is 9.08. The number of para-hydroxylation sites is 1. The molecule has 0 radical (unpaired) electrons. The quantitative estimate of drug-likeness (QED) is 0.723. The standard InChI is InChI=1S/C25H41N3O/c1-6-26(5)24(29)19-27-15-17-28(18-16-27)23-10-8-7-9-22(23)20-11-13-21(14-12-20)25(2,3)4/h7-10,20-21H,6,11-19H2,1-5H3. The van der Waals surface area contributed by atoms with Gasteiger partial charge in [0, 0.05) is 45.5 Å². The van der Waals surface area contributed by atoms with Crippen molar-refractivity contribution in [2.75, 3.05) is 51.2 Å². The van der Waals surface area contributed by atoms with E-state index in [2.05, 4.69) is 54.8 Å². The van der Waals surface area contributed by atoms with Gasteiger partial charge in [-0.15, -0.1) is 0 Å². The lowest BCUT2D eigenvalue weighted by Crippen LogP contribution is -2.50. The first-order valence-electron chi connectivity index (χ1n) is 11.6. The molecule has 2 aliphatic rings. The Hall–Kier alpha value is -1.55. The second-order valence-corrected chi connectivity index (χ2v) is 10.1. The maximum Gasteiger partial charge on any atom is 0.236 e. The third kappa shape index (κ3) is 5.53. The smallest absolute Gasteiger partial charge is 0.236 e. The molecule has 0 N–H and O–H groups in total. The van der Waals surface area contributed by atoms with Crippen LogP contribution in [0.3, 0.4) is 0 Å². The molecule has 1 aromatic carbocycles. The zero-order chi connectivity index (χ0) is 21.0. The number of carbonyl (C=O) groups is 1. The molecule has 1 heterocycles. The number of carbonyl (C=O) groups excluding carboxylic acids is 1. The van der Waals surface area contributed by atoms with Crippen molar-refractivity contribution in [1.82, 2.24) is 9.80 Å². The van der Waals surface area contributed by atoms with E-state index in [9.17, 15) is 4.79 Å². The van der Waals surface area contributed by atoms with Crippen LogP contribution < -0.4 is 4.90 Å². The Morgan fingerprint density at radius 2 is 1.66 bits per heavy atom. The van der Waals surface area contributed by atoms with Crippen molar-refractivity contribution in [3.05, 3.63) is 29.8 Å². The van der Waals surface area contributed by atoms with Gasteiger partial charge < -0.3 is 9.80 Å². The van der Waals surface area contributed by atoms with Gasteiger partial charge in [-0.25, -0.2) is 0 Å². The van der Waals surface area contributed by atoms with Crippen LogP contribution in [-0.4, -0.2) is 62.0 Å². The summed E-state index contributed by atoms with van der Waals surface area (Å²) in [4.78, 5) is 18.9. The van der Waals surface area contributed by atoms with Gasteiger partial charge in [-0.3, -0.25) is 9.69 Å². The van der Waals surface area contributed by atoms with Crippen molar-refractivity contribution in [1.29, 1.82) is 0 Å². The lowest BCUT2D eigenvalue weighted by Gasteiger charge is -2.40. The summed E-state index contributed by atoms with van der Waals surface area (Å²) in [5, 5.41) is 0. The topological polar surface area (TPSA) is 26.8 Å². The maximum absolute atomic E-state index is 12.2. The van der Waals surface area contributed by atoms with Gasteiger partial charge in [0.15, 0.2) is 0 Å². The van der Waals surface area contributed by atoms with E-state index >= 15 is 0 Å². The van der Waals surface area contributed by atoms with Gasteiger partial charge >= 0.3 is 0 Å². The average Bonchev–Trinajstić information content (AvgIpc) is 2.73. The third-order valence-corrected chi connectivity index (χ3v) is 7.30. The second kappa shape index (κ2) is 9.51. The fourth-order valence-corrected chi connectivity index (χ4v) is 5.03. The van der Waals surface area contributed by atoms with Crippen molar-refractivity contribution in [3.63, 3.8) is 0 Å². The summed E-state index contributed by atoms with van der Waals surface area (Å²) in [6.07, 6.45) is 5.33. The van der Waals surface area contributed by atoms with Gasteiger partial charge in [0.2, 0.25) is 5.91 Å². The first-order valence-corrected chi connectivity index (χ1v) is 11.6. The second-order valence-electron chi connectivity index (χ2n) is 10.1. The zero-order valence-electron chi connectivity index (χ0n) is 19.3. The number of rotatable bonds is 5. The molecule has 1 saturated carbocycles. The molecule has 162 valence electrons. The highest BCUT2D eigenvalue weighted by molar-refractivity contribution is 5.78. The first kappa shape index (κ1) is 22.1. The van der Waals surface area contributed by atoms with Crippen LogP contribution in [0.2, 0.25) is 0 Å². The summed E-state index contributed by atoms with van der Waals surface area (Å²) >= 11 is 0. The molecule has 4 heteroatoms. The Labute approximate surface area is 178 Å². The molecule has 0 aromatic heterocycles. The van der Waals surface area contributed by atoms with Crippen LogP contribution in [0.1, 0.15) is 64.9 Å². The molecule has 1 saturated heterocycles. The molecular formula is C25H41N3O. The van der Waals surface area contributed by atoms with Crippen molar-refractivity contribution < 1.29 is 4.79 Å². The van der Waals surface area contributed by atoms with Crippen LogP contribution in [0.5, 0.6) is 0 Å². The van der Waals surface area contributed by atoms with E-state index in [4.69, 9.17) is 0 Å². The van der Waals surface area contributed by atoms with Crippen LogP contribution in [0.4, 0.5) is 5.69 Å². The molecule has 2 fully saturated rings. The van der Waals surface area contributed by atoms with E-state index in [0.717, 1.165) is 38.6 Å². The molecular weight excluding hydrogens is 358 g/mol. The minimum absolute atomic E-state index is 0.233. The lowest BCUT2D eigenvalue weighted by molar-refractivity contribution is -0.131. The van der Waals surface area contributed by atoms with Crippen molar-refractivity contribution in [2.45, 2.75) is 59.3 Å². The molecule has 0 bridgehead atoms. The third-order valence-electron chi connectivity index (χ3n) is 7.30. The number of anilines is 1. The van der Waals surface area contributed by atoms with Crippen LogP contribution in [0, 0.1) is 11.3 Å². The predicted octanol–water partition coefficient (Wildman–Crippen LogP) is 4.61. The lowest BCUT2D eigenvalue weighted by atomic mass is 9.68. The van der Waals surface area contributed by atoms with E-state index in [0.29, 0.717) is 17.9 Å². The molecule has 1 aliphatic carbocycles. The first-order chi connectivity index (χ1) is 13.8. The van der Waals surface area contributed by atoms with Crippen LogP contribution >= 0.6 is 0 Å². The molecule has 4 nitrogen and oxygen atoms in total. The monoisotopic (exact) mass is 399 g/mol. The number of nitrogens with zero attached hydrogens (tertiary/aromatic N) is 3. The highest BCUT2D eigenvalue weighted by Crippen LogP contribution is 2.45. The highest BCUT2D eigenvalue weighted by Gasteiger charge is 2.31. The largest absolute Gasteiger partial charge is 0.369 e. The summed E-state index contributed by atoms with van der Waals surface area (Å²) in [7, 11) is 1.89. The highest BCUT2D eigenvalue weighted by atomic mass is 16.2. The van der Waals surface area contributed by atoms with E-state index in [1.165, 1.54) is 31.4 Å². The summed E-state index contributed by atoms with van der Waals surface area (Å²) in [5.74, 6) is 1.79. The van der Waals surface area contributed by atoms with Gasteiger partial charge in [0.25, 0.3) is 0 Å². The summed E-state index contributed by atoms with van der Waals surface area (Å²) in [6.45, 7) is 14.5. The normalized spacial score (nSPS) is 23.8. The van der Waals surface area contributed by atoms with E-state index in [1.54, 1.807) is 5.56 Å². The number of benzene rings is 1. The fraction of sp³-hybridized carbons (Fsp3) is 0.720. The number of likely N-dealkylation sites (N-methyl/N-ethyl adjacent to an activating group) is 1. The Morgan fingerprint density at radius 3 is 2.24 bits per heavy atom. The van der Waals surface area contributed by atoms with Crippen molar-refractivity contribution in [2.24, 2.45) is 11.3 Å². The molecule has 1 amide bonds. The van der Waals surface area contributed by atoms with Gasteiger partial charge in [-0.2, -0.15) is 0 Å². The van der Waals surface area contributed by atoms with Gasteiger partial charge in [0.05, 0.1) is 6.54 Å². The molecule has 0 unspecified atom stereocenters. The molecule has 1 aromatic rings. The van der Waals surface area contributed by atoms with Gasteiger partial charge in [0.1, 0.15) is 0 Å². The number of amides is 1. The molecule has 0 spiro atoms. The maximum atomic E-state index is 12.2. The Balaban J connectivity index is 1.60. The van der Waals surface area contributed by atoms with Gasteiger partial charge in [-0.1, -0.05) is 39.0 Å². The van der Waals surface area contributed by atoms with Crippen LogP contribution in [0.15, 0.2) is 24.3 Å². The number of hydrogen-bond donors (Lipinski definition) is 0. The number of hydrogen-bond acceptors (Lipinski definition) is 3. The molecule has 0 atom stereocenters. The molecule has 3 rings (SSSR count).